The van der Waals surface area contributed by atoms with E-state index in [0.29, 0.717) is 18.8 Å². The summed E-state index contributed by atoms with van der Waals surface area (Å²) < 4.78 is 33.8. The summed E-state index contributed by atoms with van der Waals surface area (Å²) in [5, 5.41) is 13.4. The summed E-state index contributed by atoms with van der Waals surface area (Å²) in [6.07, 6.45) is 2.53. The lowest BCUT2D eigenvalue weighted by atomic mass is 9.84. The fourth-order valence-corrected chi connectivity index (χ4v) is 6.63. The van der Waals surface area contributed by atoms with Gasteiger partial charge in [-0.2, -0.15) is 4.31 Å². The number of hydrogen-bond acceptors (Lipinski definition) is 6. The molecule has 3 heterocycles. The molecule has 0 unspecified atom stereocenters. The third kappa shape index (κ3) is 4.08. The van der Waals surface area contributed by atoms with Gasteiger partial charge in [-0.25, -0.2) is 8.42 Å². The molecule has 0 aliphatic carbocycles. The van der Waals surface area contributed by atoms with Crippen LogP contribution < -0.4 is 10.1 Å². The van der Waals surface area contributed by atoms with Crippen molar-refractivity contribution in [3.63, 3.8) is 0 Å². The number of hydrogen-bond donors (Lipinski definition) is 2. The average molecular weight is 438 g/mol. The number of carbonyl (C=O) groups excluding carboxylic acids is 1. The van der Waals surface area contributed by atoms with Crippen LogP contribution in [0.3, 0.4) is 0 Å². The van der Waals surface area contributed by atoms with Crippen LogP contribution in [0.25, 0.3) is 0 Å². The van der Waals surface area contributed by atoms with Crippen LogP contribution in [0.4, 0.5) is 0 Å². The molecule has 2 atom stereocenters. The molecule has 0 aromatic heterocycles. The summed E-state index contributed by atoms with van der Waals surface area (Å²) in [4.78, 5) is 15.7. The number of benzene rings is 1. The number of piperidine rings is 1. The number of amides is 1. The van der Waals surface area contributed by atoms with Crippen LogP contribution in [0.15, 0.2) is 29.2 Å². The normalized spacial score (nSPS) is 29.3. The Morgan fingerprint density at radius 1 is 1.23 bits per heavy atom. The van der Waals surface area contributed by atoms with Crippen molar-refractivity contribution in [1.29, 1.82) is 0 Å². The second-order valence-electron chi connectivity index (χ2n) is 8.64. The highest BCUT2D eigenvalue weighted by molar-refractivity contribution is 7.89. The average Bonchev–Trinajstić information content (AvgIpc) is 3.12. The Balaban J connectivity index is 1.68. The van der Waals surface area contributed by atoms with Crippen molar-refractivity contribution < 1.29 is 23.1 Å². The summed E-state index contributed by atoms with van der Waals surface area (Å²) in [5.74, 6) is -0.0241. The van der Waals surface area contributed by atoms with E-state index in [1.807, 2.05) is 0 Å². The van der Waals surface area contributed by atoms with E-state index in [1.165, 1.54) is 6.07 Å². The molecule has 1 aromatic rings. The van der Waals surface area contributed by atoms with E-state index in [-0.39, 0.29) is 23.8 Å². The fraction of sp³-hybridized carbons (Fsp3) is 0.667. The van der Waals surface area contributed by atoms with Gasteiger partial charge in [0.25, 0.3) is 0 Å². The van der Waals surface area contributed by atoms with Gasteiger partial charge in [0.15, 0.2) is 0 Å². The van der Waals surface area contributed by atoms with E-state index in [2.05, 4.69) is 17.1 Å². The van der Waals surface area contributed by atoms with Gasteiger partial charge in [-0.05, 0) is 37.9 Å². The molecule has 0 bridgehead atoms. The molecule has 9 heteroatoms. The van der Waals surface area contributed by atoms with Crippen LogP contribution in [-0.2, 0) is 14.8 Å². The van der Waals surface area contributed by atoms with Gasteiger partial charge in [0.2, 0.25) is 15.9 Å². The Kier molecular flexibility index (Phi) is 6.07. The number of nitrogens with zero attached hydrogens (tertiary/aromatic N) is 2. The van der Waals surface area contributed by atoms with Gasteiger partial charge >= 0.3 is 0 Å². The number of carbonyl (C=O) groups is 1. The molecule has 2 N–H and O–H groups in total. The lowest BCUT2D eigenvalue weighted by Gasteiger charge is -2.43. The molecule has 2 fully saturated rings. The summed E-state index contributed by atoms with van der Waals surface area (Å²) in [7, 11) is -3.98. The van der Waals surface area contributed by atoms with Crippen LogP contribution in [0, 0.1) is 0 Å². The minimum atomic E-state index is -3.98. The first kappa shape index (κ1) is 21.5. The highest BCUT2D eigenvalue weighted by Crippen LogP contribution is 2.34. The lowest BCUT2D eigenvalue weighted by Crippen LogP contribution is -2.59. The van der Waals surface area contributed by atoms with Crippen LogP contribution in [-0.4, -0.2) is 79.1 Å². The molecule has 0 saturated carbocycles. The highest BCUT2D eigenvalue weighted by Gasteiger charge is 2.47. The summed E-state index contributed by atoms with van der Waals surface area (Å²) in [5.41, 5.74) is -0.427. The monoisotopic (exact) mass is 437 g/mol. The predicted octanol–water partition coefficient (Wildman–Crippen LogP) is 0.954. The summed E-state index contributed by atoms with van der Waals surface area (Å²) in [6.45, 7) is 5.21. The molecule has 2 saturated heterocycles. The Bertz CT molecular complexity index is 882. The smallest absolute Gasteiger partial charge is 0.247 e. The van der Waals surface area contributed by atoms with Gasteiger partial charge in [-0.1, -0.05) is 19.1 Å². The van der Waals surface area contributed by atoms with E-state index in [0.717, 1.165) is 43.2 Å². The highest BCUT2D eigenvalue weighted by atomic mass is 32.2. The lowest BCUT2D eigenvalue weighted by molar-refractivity contribution is -0.127. The molecule has 4 rings (SSSR count). The Labute approximate surface area is 178 Å². The van der Waals surface area contributed by atoms with Gasteiger partial charge in [-0.15, -0.1) is 0 Å². The number of sulfonamides is 1. The molecular formula is C21H31N3O5S. The first-order valence-corrected chi connectivity index (χ1v) is 12.2. The zero-order valence-corrected chi connectivity index (χ0v) is 18.2. The first-order valence-electron chi connectivity index (χ1n) is 10.8. The third-order valence-corrected chi connectivity index (χ3v) is 8.47. The maximum Gasteiger partial charge on any atom is 0.247 e. The number of likely N-dealkylation sites (tertiary alicyclic amines) is 1. The molecular weight excluding hydrogens is 406 g/mol. The minimum absolute atomic E-state index is 0.0469. The number of aliphatic hydroxyl groups is 1. The Morgan fingerprint density at radius 3 is 2.70 bits per heavy atom. The molecule has 1 spiro atoms. The molecule has 1 amide bonds. The van der Waals surface area contributed by atoms with E-state index in [4.69, 9.17) is 4.74 Å². The molecule has 3 aliphatic rings. The third-order valence-electron chi connectivity index (χ3n) is 6.55. The van der Waals surface area contributed by atoms with Crippen molar-refractivity contribution in [2.24, 2.45) is 0 Å². The molecule has 1 aromatic carbocycles. The number of aliphatic hydroxyl groups excluding tert-OH is 1. The first-order chi connectivity index (χ1) is 14.3. The number of nitrogens with one attached hydrogen (secondary N) is 1. The van der Waals surface area contributed by atoms with Gasteiger partial charge in [0.05, 0.1) is 12.7 Å². The van der Waals surface area contributed by atoms with Crippen molar-refractivity contribution in [2.75, 3.05) is 32.8 Å². The molecule has 3 aliphatic heterocycles. The van der Waals surface area contributed by atoms with Gasteiger partial charge in [0.1, 0.15) is 16.7 Å². The van der Waals surface area contributed by atoms with Gasteiger partial charge in [0, 0.05) is 38.0 Å². The standard InChI is InChI=1S/C21H31N3O5S/c1-2-10-23-11-7-21(8-12-23)9-13-29-18-5-3-4-6-19(18)30(27,28)24-15-16(25)14-17(24)20(26)22-21/h3-6,16-17,25H,2,7-15H2,1H3,(H,22,26)/t16-,17+/m1/s1. The van der Waals surface area contributed by atoms with Crippen molar-refractivity contribution >= 4 is 15.9 Å². The van der Waals surface area contributed by atoms with Crippen LogP contribution in [0.5, 0.6) is 5.75 Å². The van der Waals surface area contributed by atoms with Gasteiger partial charge in [-0.3, -0.25) is 4.79 Å². The van der Waals surface area contributed by atoms with E-state index in [1.54, 1.807) is 18.2 Å². The second kappa shape index (κ2) is 8.45. The number of fused-ring (bicyclic) bond motifs is 2. The van der Waals surface area contributed by atoms with E-state index >= 15 is 0 Å². The molecule has 166 valence electrons. The number of ether oxygens (including phenoxy) is 1. The zero-order chi connectivity index (χ0) is 21.4. The van der Waals surface area contributed by atoms with Crippen molar-refractivity contribution in [3.05, 3.63) is 24.3 Å². The van der Waals surface area contributed by atoms with Crippen molar-refractivity contribution in [2.45, 2.75) is 61.6 Å². The minimum Gasteiger partial charge on any atom is -0.492 e. The van der Waals surface area contributed by atoms with E-state index in [9.17, 15) is 18.3 Å². The SMILES string of the molecule is CCCN1CCC2(CCOc3ccccc3S(=O)(=O)N3C[C@H](O)C[C@H]3C(=O)N2)CC1. The van der Waals surface area contributed by atoms with E-state index < -0.39 is 27.7 Å². The van der Waals surface area contributed by atoms with Gasteiger partial charge < -0.3 is 20.1 Å². The van der Waals surface area contributed by atoms with Crippen LogP contribution in [0.2, 0.25) is 0 Å². The largest absolute Gasteiger partial charge is 0.492 e. The number of rotatable bonds is 2. The quantitative estimate of drug-likeness (QED) is 0.715. The molecule has 0 radical (unpaired) electrons. The van der Waals surface area contributed by atoms with Crippen molar-refractivity contribution in [1.82, 2.24) is 14.5 Å². The van der Waals surface area contributed by atoms with Crippen LogP contribution >= 0.6 is 0 Å². The molecule has 30 heavy (non-hydrogen) atoms. The second-order valence-corrected chi connectivity index (χ2v) is 10.5. The van der Waals surface area contributed by atoms with Crippen LogP contribution in [0.1, 0.15) is 39.0 Å². The Hall–Kier alpha value is -1.68. The predicted molar refractivity (Wildman–Crippen MR) is 112 cm³/mol. The molecule has 8 nitrogen and oxygen atoms in total. The topological polar surface area (TPSA) is 99.2 Å². The van der Waals surface area contributed by atoms with Crippen molar-refractivity contribution in [3.8, 4) is 5.75 Å². The summed E-state index contributed by atoms with van der Waals surface area (Å²) >= 11 is 0. The number of para-hydroxylation sites is 1. The Morgan fingerprint density at radius 2 is 1.97 bits per heavy atom. The maximum absolute atomic E-state index is 13.4. The zero-order valence-electron chi connectivity index (χ0n) is 17.4. The summed E-state index contributed by atoms with van der Waals surface area (Å²) in [6, 6.07) is 5.62. The fourth-order valence-electron chi connectivity index (χ4n) is 4.86. The maximum atomic E-state index is 13.4.